The highest BCUT2D eigenvalue weighted by Crippen LogP contribution is 2.27. The first-order chi connectivity index (χ1) is 10.9. The van der Waals surface area contributed by atoms with Crippen molar-refractivity contribution in [2.45, 2.75) is 64.0 Å². The van der Waals surface area contributed by atoms with Gasteiger partial charge in [-0.1, -0.05) is 32.1 Å². The van der Waals surface area contributed by atoms with Crippen molar-refractivity contribution in [3.63, 3.8) is 0 Å². The van der Waals surface area contributed by atoms with E-state index < -0.39 is 11.6 Å². The third-order valence-electron chi connectivity index (χ3n) is 4.26. The first-order valence-electron chi connectivity index (χ1n) is 8.25. The van der Waals surface area contributed by atoms with Crippen molar-refractivity contribution in [2.75, 3.05) is 5.32 Å². The maximum absolute atomic E-state index is 12.5. The van der Waals surface area contributed by atoms with Crippen molar-refractivity contribution < 1.29 is 9.59 Å². The molecule has 1 aliphatic rings. The lowest BCUT2D eigenvalue weighted by atomic mass is 9.84. The Bertz CT molecular complexity index is 515. The molecule has 7 heteroatoms. The molecular weight excluding hydrogens is 294 g/mol. The van der Waals surface area contributed by atoms with E-state index in [2.05, 4.69) is 20.6 Å². The van der Waals surface area contributed by atoms with Crippen LogP contribution in [0.3, 0.4) is 0 Å². The zero-order valence-electron chi connectivity index (χ0n) is 13.9. The number of carbonyl (C=O) groups is 2. The number of imidazole rings is 1. The lowest BCUT2D eigenvalue weighted by Gasteiger charge is -2.28. The number of hydrogen-bond acceptors (Lipinski definition) is 4. The molecule has 2 amide bonds. The smallest absolute Gasteiger partial charge is 0.248 e. The summed E-state index contributed by atoms with van der Waals surface area (Å²) < 4.78 is 0. The normalized spacial score (nSPS) is 17.5. The highest BCUT2D eigenvalue weighted by molar-refractivity contribution is 5.97. The number of nitrogens with zero attached hydrogens (tertiary/aromatic N) is 1. The van der Waals surface area contributed by atoms with Crippen LogP contribution < -0.4 is 16.4 Å². The quantitative estimate of drug-likeness (QED) is 0.636. The van der Waals surface area contributed by atoms with Crippen LogP contribution in [0.15, 0.2) is 12.5 Å². The Morgan fingerprint density at radius 1 is 1.39 bits per heavy atom. The Hall–Kier alpha value is -1.89. The van der Waals surface area contributed by atoms with Crippen molar-refractivity contribution >= 4 is 17.6 Å². The predicted molar refractivity (Wildman–Crippen MR) is 88.6 cm³/mol. The SMILES string of the molecule is CC(C)(N)C(=O)NC(CC1CCCCC1)C(=O)Nc1cnc[nH]1. The van der Waals surface area contributed by atoms with Gasteiger partial charge in [0.05, 0.1) is 18.1 Å². The monoisotopic (exact) mass is 321 g/mol. The standard InChI is InChI=1S/C16H27N5O2/c1-16(2,17)15(23)20-12(8-11-6-4-3-5-7-11)14(22)21-13-9-18-10-19-13/h9-12H,3-8,17H2,1-2H3,(H,18,19)(H,20,23)(H,21,22). The van der Waals surface area contributed by atoms with Crippen LogP contribution in [0.4, 0.5) is 5.82 Å². The fourth-order valence-corrected chi connectivity index (χ4v) is 2.88. The second kappa shape index (κ2) is 7.59. The van der Waals surface area contributed by atoms with Crippen molar-refractivity contribution in [1.82, 2.24) is 15.3 Å². The van der Waals surface area contributed by atoms with Gasteiger partial charge in [0.15, 0.2) is 0 Å². The van der Waals surface area contributed by atoms with Gasteiger partial charge in [0.1, 0.15) is 11.9 Å². The zero-order chi connectivity index (χ0) is 16.9. The molecule has 1 fully saturated rings. The summed E-state index contributed by atoms with van der Waals surface area (Å²) in [6.07, 6.45) is 9.51. The molecule has 2 rings (SSSR count). The van der Waals surface area contributed by atoms with E-state index >= 15 is 0 Å². The van der Waals surface area contributed by atoms with Gasteiger partial charge in [0, 0.05) is 0 Å². The Kier molecular flexibility index (Phi) is 5.76. The van der Waals surface area contributed by atoms with E-state index in [9.17, 15) is 9.59 Å². The number of amides is 2. The van der Waals surface area contributed by atoms with Gasteiger partial charge in [-0.25, -0.2) is 4.98 Å². The van der Waals surface area contributed by atoms with Crippen LogP contribution in [-0.2, 0) is 9.59 Å². The third-order valence-corrected chi connectivity index (χ3v) is 4.26. The number of nitrogens with two attached hydrogens (primary N) is 1. The molecule has 1 aromatic rings. The number of aromatic nitrogens is 2. The Balaban J connectivity index is 2.02. The van der Waals surface area contributed by atoms with E-state index in [1.807, 2.05) is 0 Å². The molecule has 1 unspecified atom stereocenters. The van der Waals surface area contributed by atoms with E-state index in [0.29, 0.717) is 18.2 Å². The van der Waals surface area contributed by atoms with Crippen LogP contribution in [0.2, 0.25) is 0 Å². The van der Waals surface area contributed by atoms with Crippen LogP contribution in [0.1, 0.15) is 52.4 Å². The fraction of sp³-hybridized carbons (Fsp3) is 0.688. The summed E-state index contributed by atoms with van der Waals surface area (Å²) in [5, 5.41) is 5.56. The molecule has 1 heterocycles. The topological polar surface area (TPSA) is 113 Å². The number of carbonyl (C=O) groups excluding carboxylic acids is 2. The molecule has 128 valence electrons. The number of rotatable bonds is 6. The first kappa shape index (κ1) is 17.5. The number of aromatic amines is 1. The molecule has 1 aromatic heterocycles. The summed E-state index contributed by atoms with van der Waals surface area (Å²) in [5.74, 6) is 0.419. The third kappa shape index (κ3) is 5.35. The molecule has 0 radical (unpaired) electrons. The molecule has 1 aliphatic carbocycles. The molecule has 0 spiro atoms. The number of anilines is 1. The molecule has 0 aromatic carbocycles. The van der Waals surface area contributed by atoms with Crippen LogP contribution >= 0.6 is 0 Å². The summed E-state index contributed by atoms with van der Waals surface area (Å²) >= 11 is 0. The Morgan fingerprint density at radius 3 is 2.65 bits per heavy atom. The molecule has 0 bridgehead atoms. The van der Waals surface area contributed by atoms with Gasteiger partial charge in [-0.05, 0) is 26.2 Å². The number of H-pyrrole nitrogens is 1. The second-order valence-corrected chi connectivity index (χ2v) is 6.94. The molecule has 1 atom stereocenters. The molecule has 7 nitrogen and oxygen atoms in total. The van der Waals surface area contributed by atoms with Gasteiger partial charge >= 0.3 is 0 Å². The van der Waals surface area contributed by atoms with Crippen molar-refractivity contribution in [3.8, 4) is 0 Å². The highest BCUT2D eigenvalue weighted by atomic mass is 16.2. The minimum absolute atomic E-state index is 0.238. The minimum Gasteiger partial charge on any atom is -0.343 e. The molecule has 1 saturated carbocycles. The molecule has 23 heavy (non-hydrogen) atoms. The van der Waals surface area contributed by atoms with Gasteiger partial charge in [-0.15, -0.1) is 0 Å². The Morgan fingerprint density at radius 2 is 2.09 bits per heavy atom. The summed E-state index contributed by atoms with van der Waals surface area (Å²) in [6, 6.07) is -0.586. The lowest BCUT2D eigenvalue weighted by Crippen LogP contribution is -2.55. The van der Waals surface area contributed by atoms with Gasteiger partial charge in [-0.3, -0.25) is 9.59 Å². The fourth-order valence-electron chi connectivity index (χ4n) is 2.88. The maximum Gasteiger partial charge on any atom is 0.248 e. The zero-order valence-corrected chi connectivity index (χ0v) is 13.9. The van der Waals surface area contributed by atoms with Gasteiger partial charge in [0.25, 0.3) is 0 Å². The maximum atomic E-state index is 12.5. The van der Waals surface area contributed by atoms with Crippen LogP contribution in [0.5, 0.6) is 0 Å². The summed E-state index contributed by atoms with van der Waals surface area (Å²) in [5.41, 5.74) is 4.82. The molecular formula is C16H27N5O2. The second-order valence-electron chi connectivity index (χ2n) is 6.94. The van der Waals surface area contributed by atoms with E-state index in [1.54, 1.807) is 13.8 Å². The average Bonchev–Trinajstić information content (AvgIpc) is 2.99. The van der Waals surface area contributed by atoms with Gasteiger partial charge < -0.3 is 21.4 Å². The Labute approximate surface area is 136 Å². The lowest BCUT2D eigenvalue weighted by molar-refractivity contribution is -0.129. The molecule has 0 saturated heterocycles. The van der Waals surface area contributed by atoms with Crippen molar-refractivity contribution in [2.24, 2.45) is 11.7 Å². The van der Waals surface area contributed by atoms with E-state index in [-0.39, 0.29) is 11.8 Å². The van der Waals surface area contributed by atoms with E-state index in [0.717, 1.165) is 12.8 Å². The van der Waals surface area contributed by atoms with E-state index in [1.165, 1.54) is 31.8 Å². The highest BCUT2D eigenvalue weighted by Gasteiger charge is 2.30. The van der Waals surface area contributed by atoms with E-state index in [4.69, 9.17) is 5.73 Å². The number of nitrogens with one attached hydrogen (secondary N) is 3. The van der Waals surface area contributed by atoms with Gasteiger partial charge in [-0.2, -0.15) is 0 Å². The summed E-state index contributed by atoms with van der Waals surface area (Å²) in [4.78, 5) is 31.4. The van der Waals surface area contributed by atoms with Crippen LogP contribution in [0, 0.1) is 5.92 Å². The van der Waals surface area contributed by atoms with Crippen molar-refractivity contribution in [3.05, 3.63) is 12.5 Å². The summed E-state index contributed by atoms with van der Waals surface area (Å²) in [6.45, 7) is 3.26. The molecule has 0 aliphatic heterocycles. The first-order valence-corrected chi connectivity index (χ1v) is 8.25. The average molecular weight is 321 g/mol. The van der Waals surface area contributed by atoms with Crippen molar-refractivity contribution in [1.29, 1.82) is 0 Å². The largest absolute Gasteiger partial charge is 0.343 e. The molecule has 5 N–H and O–H groups in total. The summed E-state index contributed by atoms with van der Waals surface area (Å²) in [7, 11) is 0. The van der Waals surface area contributed by atoms with Gasteiger partial charge in [0.2, 0.25) is 11.8 Å². The van der Waals surface area contributed by atoms with Crippen LogP contribution in [0.25, 0.3) is 0 Å². The predicted octanol–water partition coefficient (Wildman–Crippen LogP) is 1.54. The van der Waals surface area contributed by atoms with Crippen LogP contribution in [-0.4, -0.2) is 33.4 Å². The minimum atomic E-state index is -1.01. The number of hydrogen-bond donors (Lipinski definition) is 4.